The summed E-state index contributed by atoms with van der Waals surface area (Å²) in [4.78, 5) is 28.2. The van der Waals surface area contributed by atoms with Crippen molar-refractivity contribution in [2.45, 2.75) is 32.9 Å². The van der Waals surface area contributed by atoms with E-state index in [0.29, 0.717) is 23.8 Å². The Balaban J connectivity index is 1.85. The van der Waals surface area contributed by atoms with Gasteiger partial charge in [0.15, 0.2) is 11.5 Å². The predicted molar refractivity (Wildman–Crippen MR) is 114 cm³/mol. The number of nitrogens with zero attached hydrogens (tertiary/aromatic N) is 2. The zero-order valence-corrected chi connectivity index (χ0v) is 18.6. The van der Waals surface area contributed by atoms with Gasteiger partial charge in [0.2, 0.25) is 11.7 Å². The molecule has 0 aliphatic carbocycles. The Morgan fingerprint density at radius 1 is 1.00 bits per heavy atom. The minimum Gasteiger partial charge on any atom is -0.493 e. The maximum absolute atomic E-state index is 12.1. The van der Waals surface area contributed by atoms with E-state index in [1.165, 1.54) is 0 Å². The number of urea groups is 1. The van der Waals surface area contributed by atoms with Crippen LogP contribution in [0, 0.1) is 0 Å². The molecule has 0 saturated carbocycles. The number of benzene rings is 1. The average Bonchev–Trinajstić information content (AvgIpc) is 2.74. The molecule has 30 heavy (non-hydrogen) atoms. The van der Waals surface area contributed by atoms with Crippen molar-refractivity contribution in [3.63, 3.8) is 0 Å². The van der Waals surface area contributed by atoms with Crippen LogP contribution < -0.4 is 24.8 Å². The van der Waals surface area contributed by atoms with E-state index >= 15 is 0 Å². The molecule has 0 unspecified atom stereocenters. The molecule has 1 aromatic carbocycles. The molecule has 1 aliphatic heterocycles. The lowest BCUT2D eigenvalue weighted by Crippen LogP contribution is -2.51. The summed E-state index contributed by atoms with van der Waals surface area (Å²) in [6, 6.07) is 3.46. The Labute approximate surface area is 178 Å². The molecule has 0 aromatic heterocycles. The maximum Gasteiger partial charge on any atom is 0.321 e. The van der Waals surface area contributed by atoms with Crippen LogP contribution >= 0.6 is 0 Å². The van der Waals surface area contributed by atoms with Crippen LogP contribution in [0.2, 0.25) is 0 Å². The number of hydrogen-bond donors (Lipinski definition) is 2. The molecular weight excluding hydrogens is 388 g/mol. The van der Waals surface area contributed by atoms with E-state index in [1.807, 2.05) is 30.9 Å². The van der Waals surface area contributed by atoms with Gasteiger partial charge in [-0.1, -0.05) is 13.0 Å². The molecule has 1 aliphatic rings. The summed E-state index contributed by atoms with van der Waals surface area (Å²) in [5.41, 5.74) is 1.02. The number of nitrogens with one attached hydrogen (secondary N) is 2. The Bertz CT molecular complexity index is 720. The first-order chi connectivity index (χ1) is 14.4. The number of amides is 3. The molecule has 1 saturated heterocycles. The van der Waals surface area contributed by atoms with E-state index in [9.17, 15) is 9.59 Å². The van der Waals surface area contributed by atoms with Crippen molar-refractivity contribution in [3.05, 3.63) is 17.7 Å². The number of carbonyl (C=O) groups excluding carboxylic acids is 2. The van der Waals surface area contributed by atoms with Gasteiger partial charge in [-0.3, -0.25) is 19.9 Å². The third kappa shape index (κ3) is 6.50. The monoisotopic (exact) mass is 422 g/mol. The lowest BCUT2D eigenvalue weighted by atomic mass is 10.1. The van der Waals surface area contributed by atoms with Gasteiger partial charge in [-0.25, -0.2) is 4.79 Å². The number of carbonyl (C=O) groups is 2. The Kier molecular flexibility index (Phi) is 9.19. The van der Waals surface area contributed by atoms with Gasteiger partial charge < -0.3 is 19.5 Å². The highest BCUT2D eigenvalue weighted by Crippen LogP contribution is 2.40. The van der Waals surface area contributed by atoms with Gasteiger partial charge in [0.05, 0.1) is 27.9 Å². The predicted octanol–water partition coefficient (Wildman–Crippen LogP) is 1.45. The molecule has 0 spiro atoms. The molecule has 9 heteroatoms. The Morgan fingerprint density at radius 3 is 2.20 bits per heavy atom. The van der Waals surface area contributed by atoms with Gasteiger partial charge in [-0.05, 0) is 19.4 Å². The zero-order valence-electron chi connectivity index (χ0n) is 18.6. The van der Waals surface area contributed by atoms with E-state index in [2.05, 4.69) is 15.5 Å². The third-order valence-corrected chi connectivity index (χ3v) is 5.25. The number of rotatable bonds is 9. The molecule has 1 fully saturated rings. The van der Waals surface area contributed by atoms with Gasteiger partial charge >= 0.3 is 6.03 Å². The molecular formula is C21H34N4O5. The first kappa shape index (κ1) is 23.8. The van der Waals surface area contributed by atoms with Crippen LogP contribution in [-0.2, 0) is 11.3 Å². The van der Waals surface area contributed by atoms with E-state index in [4.69, 9.17) is 14.2 Å². The molecule has 168 valence electrons. The van der Waals surface area contributed by atoms with Crippen LogP contribution in [0.5, 0.6) is 17.2 Å². The zero-order chi connectivity index (χ0) is 22.1. The lowest BCUT2D eigenvalue weighted by Gasteiger charge is -2.34. The van der Waals surface area contributed by atoms with Crippen molar-refractivity contribution in [1.82, 2.24) is 20.4 Å². The average molecular weight is 423 g/mol. The van der Waals surface area contributed by atoms with Crippen LogP contribution in [0.1, 0.15) is 25.8 Å². The van der Waals surface area contributed by atoms with Crippen LogP contribution in [0.4, 0.5) is 4.79 Å². The van der Waals surface area contributed by atoms with Gasteiger partial charge in [0.1, 0.15) is 0 Å². The number of imide groups is 1. The smallest absolute Gasteiger partial charge is 0.321 e. The third-order valence-electron chi connectivity index (χ3n) is 5.25. The number of hydrogen-bond acceptors (Lipinski definition) is 7. The van der Waals surface area contributed by atoms with Crippen molar-refractivity contribution in [2.24, 2.45) is 0 Å². The van der Waals surface area contributed by atoms with Gasteiger partial charge in [-0.15, -0.1) is 0 Å². The Morgan fingerprint density at radius 2 is 1.63 bits per heavy atom. The highest BCUT2D eigenvalue weighted by atomic mass is 16.5. The fourth-order valence-electron chi connectivity index (χ4n) is 3.37. The van der Waals surface area contributed by atoms with Crippen LogP contribution in [0.15, 0.2) is 12.1 Å². The molecule has 2 rings (SSSR count). The maximum atomic E-state index is 12.1. The highest BCUT2D eigenvalue weighted by Gasteiger charge is 2.22. The number of piperazine rings is 1. The van der Waals surface area contributed by atoms with E-state index in [0.717, 1.165) is 38.2 Å². The largest absolute Gasteiger partial charge is 0.493 e. The van der Waals surface area contributed by atoms with Crippen LogP contribution in [0.3, 0.4) is 0 Å². The van der Waals surface area contributed by atoms with Crippen LogP contribution in [0.25, 0.3) is 0 Å². The minimum atomic E-state index is -0.437. The van der Waals surface area contributed by atoms with Crippen LogP contribution in [-0.4, -0.2) is 81.8 Å². The SMILES string of the molecule is CC[C@H](C)NC(=O)NC(=O)CN1CCN(Cc2ccc(OC)c(OC)c2OC)CC1. The fourth-order valence-corrected chi connectivity index (χ4v) is 3.37. The summed E-state index contributed by atoms with van der Waals surface area (Å²) in [6.07, 6.45) is 0.814. The van der Waals surface area contributed by atoms with Gasteiger partial charge in [0.25, 0.3) is 0 Å². The minimum absolute atomic E-state index is 0.0370. The molecule has 9 nitrogen and oxygen atoms in total. The second-order valence-electron chi connectivity index (χ2n) is 7.38. The molecule has 2 N–H and O–H groups in total. The van der Waals surface area contributed by atoms with Crippen molar-refractivity contribution < 1.29 is 23.8 Å². The second-order valence-corrected chi connectivity index (χ2v) is 7.38. The summed E-state index contributed by atoms with van der Waals surface area (Å²) in [5, 5.41) is 5.13. The summed E-state index contributed by atoms with van der Waals surface area (Å²) in [7, 11) is 4.81. The topological polar surface area (TPSA) is 92.4 Å². The fraction of sp³-hybridized carbons (Fsp3) is 0.619. The summed E-state index contributed by atoms with van der Waals surface area (Å²) < 4.78 is 16.4. The van der Waals surface area contributed by atoms with E-state index in [1.54, 1.807) is 21.3 Å². The molecule has 3 amide bonds. The number of methoxy groups -OCH3 is 3. The summed E-state index contributed by atoms with van der Waals surface area (Å²) >= 11 is 0. The second kappa shape index (κ2) is 11.6. The normalized spacial score (nSPS) is 15.9. The van der Waals surface area contributed by atoms with Gasteiger partial charge in [-0.2, -0.15) is 0 Å². The van der Waals surface area contributed by atoms with Crippen molar-refractivity contribution >= 4 is 11.9 Å². The van der Waals surface area contributed by atoms with Crippen molar-refractivity contribution in [1.29, 1.82) is 0 Å². The highest BCUT2D eigenvalue weighted by molar-refractivity contribution is 5.95. The lowest BCUT2D eigenvalue weighted by molar-refractivity contribution is -0.121. The van der Waals surface area contributed by atoms with E-state index < -0.39 is 6.03 Å². The number of ether oxygens (including phenoxy) is 3. The standard InChI is InChI=1S/C21H34N4O5/c1-6-15(2)22-21(27)23-18(26)14-25-11-9-24(10-12-25)13-16-7-8-17(28-3)20(30-5)19(16)29-4/h7-8,15H,6,9-14H2,1-5H3,(H2,22,23,26,27)/t15-/m0/s1. The Hall–Kier alpha value is -2.52. The van der Waals surface area contributed by atoms with E-state index in [-0.39, 0.29) is 18.5 Å². The summed E-state index contributed by atoms with van der Waals surface area (Å²) in [6.45, 7) is 7.91. The first-order valence-electron chi connectivity index (χ1n) is 10.2. The van der Waals surface area contributed by atoms with Crippen molar-refractivity contribution in [3.8, 4) is 17.2 Å². The van der Waals surface area contributed by atoms with Gasteiger partial charge in [0, 0.05) is 44.3 Å². The molecule has 1 aromatic rings. The molecule has 0 bridgehead atoms. The first-order valence-corrected chi connectivity index (χ1v) is 10.2. The van der Waals surface area contributed by atoms with Crippen molar-refractivity contribution in [2.75, 3.05) is 54.1 Å². The quantitative estimate of drug-likeness (QED) is 0.622. The molecule has 0 radical (unpaired) electrons. The molecule has 1 atom stereocenters. The summed E-state index contributed by atoms with van der Waals surface area (Å²) in [5.74, 6) is 1.60. The molecule has 1 heterocycles.